The molecule has 0 aliphatic carbocycles. The zero-order chi connectivity index (χ0) is 23.7. The topological polar surface area (TPSA) is 48.9 Å². The van der Waals surface area contributed by atoms with Crippen molar-refractivity contribution in [1.82, 2.24) is 14.8 Å². The standard InChI is InChI=1S/C26H32Cl2N4O2/c1-19-5-8-29-24(14-19)32-18-26(6-4-25(32)33,20-2-3-22(27)23(28)15-20)7-9-30-16-21(17-30)31-10-12-34-13-11-31/h2-3,5,8,14-15,21H,4,6-7,9-13,16-18H2,1H3/t26-/m1/s1. The second-order valence-electron chi connectivity index (χ2n) is 9.89. The van der Waals surface area contributed by atoms with Crippen LogP contribution in [-0.2, 0) is 14.9 Å². The van der Waals surface area contributed by atoms with Gasteiger partial charge in [-0.1, -0.05) is 29.3 Å². The number of hydrogen-bond donors (Lipinski definition) is 0. The van der Waals surface area contributed by atoms with Crippen LogP contribution in [0.25, 0.3) is 0 Å². The number of carbonyl (C=O) groups is 1. The second-order valence-corrected chi connectivity index (χ2v) is 10.7. The Bertz CT molecular complexity index is 1040. The van der Waals surface area contributed by atoms with Gasteiger partial charge in [-0.15, -0.1) is 0 Å². The summed E-state index contributed by atoms with van der Waals surface area (Å²) in [6, 6.07) is 10.5. The zero-order valence-electron chi connectivity index (χ0n) is 19.7. The maximum absolute atomic E-state index is 13.0. The highest BCUT2D eigenvalue weighted by Crippen LogP contribution is 2.41. The first-order chi connectivity index (χ1) is 16.4. The number of nitrogens with zero attached hydrogens (tertiary/aromatic N) is 4. The van der Waals surface area contributed by atoms with Crippen molar-refractivity contribution >= 4 is 34.9 Å². The van der Waals surface area contributed by atoms with E-state index in [1.165, 1.54) is 0 Å². The van der Waals surface area contributed by atoms with Crippen molar-refractivity contribution in [3.05, 3.63) is 57.7 Å². The molecule has 0 spiro atoms. The van der Waals surface area contributed by atoms with E-state index in [0.717, 1.165) is 75.7 Å². The fraction of sp³-hybridized carbons (Fsp3) is 0.538. The fourth-order valence-corrected chi connectivity index (χ4v) is 5.81. The van der Waals surface area contributed by atoms with Crippen LogP contribution in [0.5, 0.6) is 0 Å². The van der Waals surface area contributed by atoms with Crippen LogP contribution in [-0.4, -0.2) is 79.2 Å². The third-order valence-electron chi connectivity index (χ3n) is 7.70. The molecule has 0 unspecified atom stereocenters. The van der Waals surface area contributed by atoms with Crippen LogP contribution in [0.15, 0.2) is 36.5 Å². The summed E-state index contributed by atoms with van der Waals surface area (Å²) in [5.41, 5.74) is 2.05. The van der Waals surface area contributed by atoms with Crippen molar-refractivity contribution < 1.29 is 9.53 Å². The van der Waals surface area contributed by atoms with Crippen molar-refractivity contribution in [3.8, 4) is 0 Å². The first-order valence-corrected chi connectivity index (χ1v) is 12.9. The maximum atomic E-state index is 13.0. The van der Waals surface area contributed by atoms with Gasteiger partial charge in [0.1, 0.15) is 5.82 Å². The summed E-state index contributed by atoms with van der Waals surface area (Å²) < 4.78 is 5.50. The molecular weight excluding hydrogens is 471 g/mol. The van der Waals surface area contributed by atoms with E-state index in [0.29, 0.717) is 29.1 Å². The molecular formula is C26H32Cl2N4O2. The quantitative estimate of drug-likeness (QED) is 0.593. The van der Waals surface area contributed by atoms with Crippen molar-refractivity contribution in [3.63, 3.8) is 0 Å². The normalized spacial score (nSPS) is 24.9. The van der Waals surface area contributed by atoms with E-state index in [-0.39, 0.29) is 11.3 Å². The highest BCUT2D eigenvalue weighted by Gasteiger charge is 2.42. The summed E-state index contributed by atoms with van der Waals surface area (Å²) in [5.74, 6) is 0.857. The fourth-order valence-electron chi connectivity index (χ4n) is 5.51. The van der Waals surface area contributed by atoms with Crippen molar-refractivity contribution in [2.75, 3.05) is 57.4 Å². The van der Waals surface area contributed by atoms with Gasteiger partial charge in [0.15, 0.2) is 0 Å². The summed E-state index contributed by atoms with van der Waals surface area (Å²) in [6.45, 7) is 9.56. The lowest BCUT2D eigenvalue weighted by Crippen LogP contribution is -2.62. The third-order valence-corrected chi connectivity index (χ3v) is 8.43. The summed E-state index contributed by atoms with van der Waals surface area (Å²) in [6.07, 6.45) is 4.02. The number of anilines is 1. The summed E-state index contributed by atoms with van der Waals surface area (Å²) in [5, 5.41) is 1.12. The first-order valence-electron chi connectivity index (χ1n) is 12.2. The number of piperidine rings is 1. The van der Waals surface area contributed by atoms with Crippen LogP contribution in [0, 0.1) is 6.92 Å². The van der Waals surface area contributed by atoms with Gasteiger partial charge in [0.2, 0.25) is 5.91 Å². The highest BCUT2D eigenvalue weighted by molar-refractivity contribution is 6.42. The number of likely N-dealkylation sites (tertiary alicyclic amines) is 1. The van der Waals surface area contributed by atoms with Gasteiger partial charge in [0.25, 0.3) is 0 Å². The van der Waals surface area contributed by atoms with Gasteiger partial charge in [-0.3, -0.25) is 14.6 Å². The van der Waals surface area contributed by atoms with Crippen LogP contribution >= 0.6 is 23.2 Å². The Morgan fingerprint density at radius 3 is 2.65 bits per heavy atom. The molecule has 3 saturated heterocycles. The Balaban J connectivity index is 1.35. The number of pyridine rings is 1. The van der Waals surface area contributed by atoms with Crippen molar-refractivity contribution in [2.45, 2.75) is 37.6 Å². The van der Waals surface area contributed by atoms with E-state index in [1.807, 2.05) is 36.1 Å². The van der Waals surface area contributed by atoms with Gasteiger partial charge in [0.05, 0.1) is 23.3 Å². The van der Waals surface area contributed by atoms with Crippen LogP contribution in [0.2, 0.25) is 10.0 Å². The molecule has 1 atom stereocenters. The van der Waals surface area contributed by atoms with Gasteiger partial charge < -0.3 is 9.64 Å². The van der Waals surface area contributed by atoms with E-state index >= 15 is 0 Å². The highest BCUT2D eigenvalue weighted by atomic mass is 35.5. The lowest BCUT2D eigenvalue weighted by Gasteiger charge is -2.49. The Morgan fingerprint density at radius 1 is 1.12 bits per heavy atom. The molecule has 0 radical (unpaired) electrons. The SMILES string of the molecule is Cc1ccnc(N2C[C@@](CCN3CC(N4CCOCC4)C3)(c3ccc(Cl)c(Cl)c3)CCC2=O)c1. The summed E-state index contributed by atoms with van der Waals surface area (Å²) in [4.78, 5) is 24.5. The average molecular weight is 503 g/mol. The van der Waals surface area contributed by atoms with Crippen LogP contribution < -0.4 is 4.90 Å². The molecule has 1 amide bonds. The Kier molecular flexibility index (Phi) is 7.14. The predicted octanol–water partition coefficient (Wildman–Crippen LogP) is 4.17. The molecule has 0 bridgehead atoms. The number of morpholine rings is 1. The van der Waals surface area contributed by atoms with Crippen molar-refractivity contribution in [1.29, 1.82) is 0 Å². The maximum Gasteiger partial charge on any atom is 0.228 e. The number of hydrogen-bond acceptors (Lipinski definition) is 5. The second kappa shape index (κ2) is 10.1. The molecule has 3 aliphatic heterocycles. The minimum atomic E-state index is -0.197. The smallest absolute Gasteiger partial charge is 0.228 e. The van der Waals surface area contributed by atoms with Crippen LogP contribution in [0.4, 0.5) is 5.82 Å². The first kappa shape index (κ1) is 24.0. The predicted molar refractivity (Wildman–Crippen MR) is 136 cm³/mol. The Morgan fingerprint density at radius 2 is 1.91 bits per heavy atom. The van der Waals surface area contributed by atoms with Gasteiger partial charge in [-0.05, 0) is 61.7 Å². The molecule has 0 N–H and O–H groups in total. The summed E-state index contributed by atoms with van der Waals surface area (Å²) >= 11 is 12.7. The molecule has 4 heterocycles. The molecule has 34 heavy (non-hydrogen) atoms. The van der Waals surface area contributed by atoms with Crippen LogP contribution in [0.3, 0.4) is 0 Å². The molecule has 5 rings (SSSR count). The van der Waals surface area contributed by atoms with E-state index in [1.54, 1.807) is 6.20 Å². The number of carbonyl (C=O) groups excluding carboxylic acids is 1. The van der Waals surface area contributed by atoms with E-state index in [2.05, 4.69) is 20.9 Å². The van der Waals surface area contributed by atoms with Crippen LogP contribution in [0.1, 0.15) is 30.4 Å². The number of rotatable bonds is 6. The number of amides is 1. The van der Waals surface area contributed by atoms with Crippen molar-refractivity contribution in [2.24, 2.45) is 0 Å². The molecule has 182 valence electrons. The lowest BCUT2D eigenvalue weighted by atomic mass is 9.71. The number of ether oxygens (including phenoxy) is 1. The molecule has 2 aromatic rings. The molecule has 3 fully saturated rings. The molecule has 0 saturated carbocycles. The molecule has 6 nitrogen and oxygen atoms in total. The van der Waals surface area contributed by atoms with Gasteiger partial charge in [0, 0.05) is 56.8 Å². The Hall–Kier alpha value is -1.70. The number of benzene rings is 1. The third kappa shape index (κ3) is 4.98. The minimum Gasteiger partial charge on any atom is -0.379 e. The zero-order valence-corrected chi connectivity index (χ0v) is 21.2. The Labute approximate surface area is 211 Å². The lowest BCUT2D eigenvalue weighted by molar-refractivity contribution is -0.120. The number of halogens is 2. The van der Waals surface area contributed by atoms with E-state index < -0.39 is 0 Å². The molecule has 3 aliphatic rings. The van der Waals surface area contributed by atoms with Gasteiger partial charge in [-0.2, -0.15) is 0 Å². The molecule has 1 aromatic heterocycles. The number of aryl methyl sites for hydroxylation is 1. The van der Waals surface area contributed by atoms with E-state index in [9.17, 15) is 4.79 Å². The minimum absolute atomic E-state index is 0.130. The summed E-state index contributed by atoms with van der Waals surface area (Å²) in [7, 11) is 0. The van der Waals surface area contributed by atoms with Gasteiger partial charge in [-0.25, -0.2) is 4.98 Å². The van der Waals surface area contributed by atoms with E-state index in [4.69, 9.17) is 27.9 Å². The molecule has 1 aromatic carbocycles. The monoisotopic (exact) mass is 502 g/mol. The molecule has 8 heteroatoms. The number of aromatic nitrogens is 1. The largest absolute Gasteiger partial charge is 0.379 e. The van der Waals surface area contributed by atoms with Gasteiger partial charge >= 0.3 is 0 Å². The average Bonchev–Trinajstić information content (AvgIpc) is 2.81.